The molecule has 0 fully saturated rings. The molecule has 3 heterocycles. The van der Waals surface area contributed by atoms with Crippen LogP contribution in [0.2, 0.25) is 0 Å². The van der Waals surface area contributed by atoms with Crippen LogP contribution in [0.25, 0.3) is 10.2 Å². The van der Waals surface area contributed by atoms with Crippen molar-refractivity contribution in [3.8, 4) is 0 Å². The molecule has 0 saturated heterocycles. The van der Waals surface area contributed by atoms with Gasteiger partial charge in [-0.2, -0.15) is 0 Å². The average molecular weight is 248 g/mol. The number of anilines is 1. The van der Waals surface area contributed by atoms with Crippen LogP contribution in [-0.2, 0) is 6.54 Å². The van der Waals surface area contributed by atoms with Gasteiger partial charge in [0.25, 0.3) is 0 Å². The number of hydrogen-bond donors (Lipinski definition) is 1. The second kappa shape index (κ2) is 4.15. The zero-order chi connectivity index (χ0) is 10.8. The number of nitrogens with one attached hydrogen (secondary N) is 1. The van der Waals surface area contributed by atoms with E-state index in [1.807, 2.05) is 23.2 Å². The summed E-state index contributed by atoms with van der Waals surface area (Å²) in [6.07, 6.45) is 3.45. The molecule has 3 aromatic rings. The molecular weight excluding hydrogens is 240 g/mol. The number of fused-ring (bicyclic) bond motifs is 1. The number of thiophene rings is 1. The standard InChI is InChI=1S/C10H8N4S2/c1-2-15-9-8(1)13-5-14-10(9)12-4-7-3-11-6-16-7/h1-3,5-6H,4H2,(H,12,13,14). The number of hydrogen-bond acceptors (Lipinski definition) is 6. The number of rotatable bonds is 3. The predicted octanol–water partition coefficient (Wildman–Crippen LogP) is 2.76. The van der Waals surface area contributed by atoms with E-state index in [2.05, 4.69) is 20.3 Å². The molecular formula is C10H8N4S2. The van der Waals surface area contributed by atoms with Crippen molar-refractivity contribution in [3.63, 3.8) is 0 Å². The van der Waals surface area contributed by atoms with Crippen LogP contribution in [0.15, 0.2) is 29.5 Å². The summed E-state index contributed by atoms with van der Waals surface area (Å²) >= 11 is 3.29. The van der Waals surface area contributed by atoms with E-state index in [1.54, 1.807) is 29.0 Å². The van der Waals surface area contributed by atoms with Gasteiger partial charge >= 0.3 is 0 Å². The summed E-state index contributed by atoms with van der Waals surface area (Å²) in [4.78, 5) is 13.7. The molecule has 0 aliphatic heterocycles. The summed E-state index contributed by atoms with van der Waals surface area (Å²) in [6, 6.07) is 2.00. The molecule has 0 bridgehead atoms. The first-order chi connectivity index (χ1) is 7.93. The van der Waals surface area contributed by atoms with Gasteiger partial charge in [-0.15, -0.1) is 22.7 Å². The first-order valence-electron chi connectivity index (χ1n) is 4.73. The largest absolute Gasteiger partial charge is 0.364 e. The Kier molecular flexibility index (Phi) is 2.51. The van der Waals surface area contributed by atoms with E-state index in [-0.39, 0.29) is 0 Å². The van der Waals surface area contributed by atoms with Gasteiger partial charge in [0.2, 0.25) is 0 Å². The SMILES string of the molecule is c1nc(NCc2cncs2)c2sccc2n1. The molecule has 0 atom stereocenters. The van der Waals surface area contributed by atoms with E-state index in [0.717, 1.165) is 22.6 Å². The Morgan fingerprint density at radius 2 is 2.25 bits per heavy atom. The average Bonchev–Trinajstić information content (AvgIpc) is 2.97. The van der Waals surface area contributed by atoms with Crippen LogP contribution in [0, 0.1) is 0 Å². The van der Waals surface area contributed by atoms with Crippen LogP contribution in [0.3, 0.4) is 0 Å². The summed E-state index contributed by atoms with van der Waals surface area (Å²) in [5, 5.41) is 5.33. The Morgan fingerprint density at radius 1 is 1.25 bits per heavy atom. The van der Waals surface area contributed by atoms with E-state index in [1.165, 1.54) is 4.88 Å². The van der Waals surface area contributed by atoms with Crippen LogP contribution >= 0.6 is 22.7 Å². The van der Waals surface area contributed by atoms with E-state index >= 15 is 0 Å². The Hall–Kier alpha value is -1.53. The Bertz CT molecular complexity index is 588. The van der Waals surface area contributed by atoms with Crippen LogP contribution in [0.5, 0.6) is 0 Å². The van der Waals surface area contributed by atoms with Crippen molar-refractivity contribution in [3.05, 3.63) is 34.4 Å². The molecule has 16 heavy (non-hydrogen) atoms. The van der Waals surface area contributed by atoms with Crippen molar-refractivity contribution in [1.29, 1.82) is 0 Å². The van der Waals surface area contributed by atoms with Gasteiger partial charge in [0.1, 0.15) is 12.1 Å². The monoisotopic (exact) mass is 248 g/mol. The third-order valence-electron chi connectivity index (χ3n) is 2.16. The molecule has 3 rings (SSSR count). The van der Waals surface area contributed by atoms with Crippen molar-refractivity contribution in [2.45, 2.75) is 6.54 Å². The van der Waals surface area contributed by atoms with E-state index < -0.39 is 0 Å². The van der Waals surface area contributed by atoms with Gasteiger partial charge in [-0.25, -0.2) is 9.97 Å². The molecule has 80 valence electrons. The van der Waals surface area contributed by atoms with Gasteiger partial charge in [0.05, 0.1) is 22.3 Å². The second-order valence-electron chi connectivity index (χ2n) is 3.18. The minimum Gasteiger partial charge on any atom is -0.364 e. The predicted molar refractivity (Wildman–Crippen MR) is 66.9 cm³/mol. The summed E-state index contributed by atoms with van der Waals surface area (Å²) in [5.74, 6) is 0.897. The molecule has 0 spiro atoms. The highest BCUT2D eigenvalue weighted by atomic mass is 32.1. The van der Waals surface area contributed by atoms with Crippen LogP contribution < -0.4 is 5.32 Å². The van der Waals surface area contributed by atoms with Gasteiger partial charge in [0, 0.05) is 11.1 Å². The van der Waals surface area contributed by atoms with Gasteiger partial charge in [-0.05, 0) is 11.4 Å². The third-order valence-corrected chi connectivity index (χ3v) is 3.85. The lowest BCUT2D eigenvalue weighted by Crippen LogP contribution is -2.00. The number of thiazole rings is 1. The first-order valence-corrected chi connectivity index (χ1v) is 6.49. The molecule has 0 unspecified atom stereocenters. The maximum Gasteiger partial charge on any atom is 0.147 e. The molecule has 0 aliphatic carbocycles. The van der Waals surface area contributed by atoms with Gasteiger partial charge in [-0.3, -0.25) is 4.98 Å². The molecule has 1 N–H and O–H groups in total. The minimum absolute atomic E-state index is 0.759. The minimum atomic E-state index is 0.759. The number of aromatic nitrogens is 3. The van der Waals surface area contributed by atoms with E-state index in [0.29, 0.717) is 0 Å². The zero-order valence-corrected chi connectivity index (χ0v) is 9.88. The maximum absolute atomic E-state index is 4.25. The highest BCUT2D eigenvalue weighted by Crippen LogP contribution is 2.25. The molecule has 0 radical (unpaired) electrons. The Balaban J connectivity index is 1.86. The molecule has 0 amide bonds. The smallest absolute Gasteiger partial charge is 0.147 e. The molecule has 6 heteroatoms. The maximum atomic E-state index is 4.25. The molecule has 4 nitrogen and oxygen atoms in total. The van der Waals surface area contributed by atoms with Crippen LogP contribution in [-0.4, -0.2) is 15.0 Å². The molecule has 0 saturated carbocycles. The summed E-state index contributed by atoms with van der Waals surface area (Å²) in [7, 11) is 0. The topological polar surface area (TPSA) is 50.7 Å². The fourth-order valence-corrected chi connectivity index (χ4v) is 2.76. The highest BCUT2D eigenvalue weighted by molar-refractivity contribution is 7.17. The first kappa shape index (κ1) is 9.68. The fourth-order valence-electron chi connectivity index (χ4n) is 1.41. The highest BCUT2D eigenvalue weighted by Gasteiger charge is 2.04. The summed E-state index contributed by atoms with van der Waals surface area (Å²) in [6.45, 7) is 0.759. The van der Waals surface area contributed by atoms with Gasteiger partial charge in [0.15, 0.2) is 0 Å². The molecule has 3 aromatic heterocycles. The molecule has 0 aromatic carbocycles. The lowest BCUT2D eigenvalue weighted by molar-refractivity contribution is 1.12. The van der Waals surface area contributed by atoms with E-state index in [9.17, 15) is 0 Å². The lowest BCUT2D eigenvalue weighted by Gasteiger charge is -2.03. The lowest BCUT2D eigenvalue weighted by atomic mass is 10.4. The van der Waals surface area contributed by atoms with Crippen molar-refractivity contribution in [1.82, 2.24) is 15.0 Å². The molecule has 0 aliphatic rings. The van der Waals surface area contributed by atoms with Crippen molar-refractivity contribution in [2.24, 2.45) is 0 Å². The van der Waals surface area contributed by atoms with Crippen molar-refractivity contribution in [2.75, 3.05) is 5.32 Å². The van der Waals surface area contributed by atoms with Gasteiger partial charge in [-0.1, -0.05) is 0 Å². The quantitative estimate of drug-likeness (QED) is 0.774. The van der Waals surface area contributed by atoms with Gasteiger partial charge < -0.3 is 5.32 Å². The number of nitrogens with zero attached hydrogens (tertiary/aromatic N) is 3. The fraction of sp³-hybridized carbons (Fsp3) is 0.100. The summed E-state index contributed by atoms with van der Waals surface area (Å²) < 4.78 is 1.10. The van der Waals surface area contributed by atoms with Crippen LogP contribution in [0.4, 0.5) is 5.82 Å². The zero-order valence-electron chi connectivity index (χ0n) is 8.25. The normalized spacial score (nSPS) is 10.8. The summed E-state index contributed by atoms with van der Waals surface area (Å²) in [5.41, 5.74) is 2.82. The second-order valence-corrected chi connectivity index (χ2v) is 5.07. The van der Waals surface area contributed by atoms with Crippen LogP contribution in [0.1, 0.15) is 4.88 Å². The Morgan fingerprint density at radius 3 is 3.12 bits per heavy atom. The van der Waals surface area contributed by atoms with E-state index in [4.69, 9.17) is 0 Å². The van der Waals surface area contributed by atoms with Crippen molar-refractivity contribution < 1.29 is 0 Å². The Labute approximate surface area is 100 Å². The third kappa shape index (κ3) is 1.77. The van der Waals surface area contributed by atoms with Crippen molar-refractivity contribution >= 4 is 38.7 Å².